The fourth-order valence-corrected chi connectivity index (χ4v) is 2.52. The Morgan fingerprint density at radius 2 is 1.45 bits per heavy atom. The molecule has 0 aromatic heterocycles. The van der Waals surface area contributed by atoms with Crippen LogP contribution >= 0.6 is 0 Å². The maximum absolute atomic E-state index is 12.4. The smallest absolute Gasteiger partial charge is 0.251 e. The van der Waals surface area contributed by atoms with E-state index in [4.69, 9.17) is 5.11 Å². The minimum Gasteiger partial charge on any atom is -0.396 e. The van der Waals surface area contributed by atoms with Crippen LogP contribution in [0.5, 0.6) is 0 Å². The zero-order chi connectivity index (χ0) is 15.4. The lowest BCUT2D eigenvalue weighted by Crippen LogP contribution is -2.30. The Labute approximate surface area is 122 Å². The van der Waals surface area contributed by atoms with Crippen molar-refractivity contribution in [1.29, 1.82) is 0 Å². The van der Waals surface area contributed by atoms with Crippen LogP contribution in [0.2, 0.25) is 0 Å². The first-order valence-corrected chi connectivity index (χ1v) is 7.27. The Morgan fingerprint density at radius 3 is 1.90 bits per heavy atom. The van der Waals surface area contributed by atoms with Crippen LogP contribution in [0.4, 0.5) is 0 Å². The van der Waals surface area contributed by atoms with Gasteiger partial charge >= 0.3 is 0 Å². The highest BCUT2D eigenvalue weighted by molar-refractivity contribution is 5.98. The molecule has 3 nitrogen and oxygen atoms in total. The van der Waals surface area contributed by atoms with Crippen molar-refractivity contribution in [1.82, 2.24) is 5.32 Å². The maximum Gasteiger partial charge on any atom is 0.251 e. The monoisotopic (exact) mass is 277 g/mol. The lowest BCUT2D eigenvalue weighted by molar-refractivity contribution is 0.0944. The van der Waals surface area contributed by atoms with Gasteiger partial charge in [0.05, 0.1) is 0 Å². The summed E-state index contributed by atoms with van der Waals surface area (Å²) in [6.45, 7) is 13.1. The molecule has 112 valence electrons. The molecular weight excluding hydrogens is 250 g/mol. The summed E-state index contributed by atoms with van der Waals surface area (Å²) in [6, 6.07) is 0. The van der Waals surface area contributed by atoms with E-state index in [1.54, 1.807) is 0 Å². The molecule has 0 aliphatic heterocycles. The molecule has 1 aromatic carbocycles. The number of carbonyl (C=O) groups excluding carboxylic acids is 1. The van der Waals surface area contributed by atoms with E-state index >= 15 is 0 Å². The molecule has 2 N–H and O–H groups in total. The quantitative estimate of drug-likeness (QED) is 0.869. The third-order valence-corrected chi connectivity index (χ3v) is 4.46. The number of carbonyl (C=O) groups is 1. The highest BCUT2D eigenvalue weighted by Crippen LogP contribution is 2.25. The highest BCUT2D eigenvalue weighted by atomic mass is 16.3. The summed E-state index contributed by atoms with van der Waals surface area (Å²) < 4.78 is 0. The van der Waals surface area contributed by atoms with Crippen molar-refractivity contribution in [3.8, 4) is 0 Å². The van der Waals surface area contributed by atoms with E-state index in [0.29, 0.717) is 13.0 Å². The molecular formula is C17H27NO2. The Balaban J connectivity index is 3.00. The number of aliphatic hydroxyl groups excluding tert-OH is 1. The van der Waals surface area contributed by atoms with E-state index in [-0.39, 0.29) is 18.4 Å². The lowest BCUT2D eigenvalue weighted by Gasteiger charge is -2.19. The summed E-state index contributed by atoms with van der Waals surface area (Å²) in [5.74, 6) is 0.285. The van der Waals surface area contributed by atoms with Crippen LogP contribution in [-0.4, -0.2) is 24.2 Å². The van der Waals surface area contributed by atoms with Gasteiger partial charge in [-0.2, -0.15) is 0 Å². The number of aliphatic hydroxyl groups is 1. The van der Waals surface area contributed by atoms with Gasteiger partial charge in [0.15, 0.2) is 0 Å². The summed E-state index contributed by atoms with van der Waals surface area (Å²) in [4.78, 5) is 12.4. The largest absolute Gasteiger partial charge is 0.396 e. The van der Waals surface area contributed by atoms with Crippen molar-refractivity contribution in [2.24, 2.45) is 5.92 Å². The van der Waals surface area contributed by atoms with Gasteiger partial charge < -0.3 is 10.4 Å². The number of hydrogen-bond donors (Lipinski definition) is 2. The summed E-state index contributed by atoms with van der Waals surface area (Å²) >= 11 is 0. The standard InChI is InChI=1S/C17H27NO2/c1-10(7-8-19)9-18-17(20)16-14(5)12(3)11(2)13(4)15(16)6/h10,19H,7-9H2,1-6H3,(H,18,20). The zero-order valence-electron chi connectivity index (χ0n) is 13.6. The van der Waals surface area contributed by atoms with Gasteiger partial charge in [0, 0.05) is 18.7 Å². The topological polar surface area (TPSA) is 49.3 Å². The molecule has 0 fully saturated rings. The summed E-state index contributed by atoms with van der Waals surface area (Å²) in [5, 5.41) is 11.9. The molecule has 0 radical (unpaired) electrons. The van der Waals surface area contributed by atoms with Gasteiger partial charge in [0.1, 0.15) is 0 Å². The van der Waals surface area contributed by atoms with Crippen LogP contribution in [-0.2, 0) is 0 Å². The van der Waals surface area contributed by atoms with Crippen molar-refractivity contribution in [2.45, 2.75) is 48.0 Å². The summed E-state index contributed by atoms with van der Waals surface area (Å²) in [7, 11) is 0. The Bertz CT molecular complexity index is 477. The fourth-order valence-electron chi connectivity index (χ4n) is 2.52. The van der Waals surface area contributed by atoms with Gasteiger partial charge in [-0.15, -0.1) is 0 Å². The maximum atomic E-state index is 12.4. The van der Waals surface area contributed by atoms with Gasteiger partial charge in [-0.1, -0.05) is 6.92 Å². The molecule has 1 amide bonds. The van der Waals surface area contributed by atoms with Gasteiger partial charge in [0.25, 0.3) is 5.91 Å². The van der Waals surface area contributed by atoms with E-state index in [9.17, 15) is 4.79 Å². The first-order valence-electron chi connectivity index (χ1n) is 7.27. The minimum atomic E-state index is -0.00371. The molecule has 0 spiro atoms. The van der Waals surface area contributed by atoms with E-state index in [0.717, 1.165) is 16.7 Å². The average Bonchev–Trinajstić information content (AvgIpc) is 2.41. The van der Waals surface area contributed by atoms with Gasteiger partial charge in [0.2, 0.25) is 0 Å². The summed E-state index contributed by atoms with van der Waals surface area (Å²) in [5.41, 5.74) is 6.60. The fraction of sp³-hybridized carbons (Fsp3) is 0.588. The third kappa shape index (κ3) is 3.40. The van der Waals surface area contributed by atoms with E-state index in [2.05, 4.69) is 26.1 Å². The molecule has 1 unspecified atom stereocenters. The SMILES string of the molecule is Cc1c(C)c(C)c(C(=O)NCC(C)CCO)c(C)c1C. The predicted molar refractivity (Wildman–Crippen MR) is 83.3 cm³/mol. The van der Waals surface area contributed by atoms with Crippen molar-refractivity contribution in [3.63, 3.8) is 0 Å². The van der Waals surface area contributed by atoms with E-state index in [1.165, 1.54) is 16.7 Å². The van der Waals surface area contributed by atoms with E-state index < -0.39 is 0 Å². The molecule has 20 heavy (non-hydrogen) atoms. The zero-order valence-corrected chi connectivity index (χ0v) is 13.6. The van der Waals surface area contributed by atoms with Gasteiger partial charge in [-0.05, 0) is 74.8 Å². The highest BCUT2D eigenvalue weighted by Gasteiger charge is 2.18. The summed E-state index contributed by atoms with van der Waals surface area (Å²) in [6.07, 6.45) is 0.712. The van der Waals surface area contributed by atoms with Crippen molar-refractivity contribution in [2.75, 3.05) is 13.2 Å². The Hall–Kier alpha value is -1.35. The van der Waals surface area contributed by atoms with Gasteiger partial charge in [-0.25, -0.2) is 0 Å². The number of amides is 1. The molecule has 1 aromatic rings. The van der Waals surface area contributed by atoms with Crippen LogP contribution in [0.25, 0.3) is 0 Å². The van der Waals surface area contributed by atoms with Crippen molar-refractivity contribution in [3.05, 3.63) is 33.4 Å². The molecule has 0 aliphatic carbocycles. The van der Waals surface area contributed by atoms with Crippen molar-refractivity contribution >= 4 is 5.91 Å². The van der Waals surface area contributed by atoms with Crippen LogP contribution in [0.15, 0.2) is 0 Å². The van der Waals surface area contributed by atoms with Crippen LogP contribution in [0, 0.1) is 40.5 Å². The molecule has 0 heterocycles. The molecule has 1 atom stereocenters. The number of hydrogen-bond acceptors (Lipinski definition) is 2. The van der Waals surface area contributed by atoms with Crippen molar-refractivity contribution < 1.29 is 9.90 Å². The van der Waals surface area contributed by atoms with Gasteiger partial charge in [-0.3, -0.25) is 4.79 Å². The average molecular weight is 277 g/mol. The first-order chi connectivity index (χ1) is 9.31. The first kappa shape index (κ1) is 16.7. The normalized spacial score (nSPS) is 12.3. The number of nitrogens with one attached hydrogen (secondary N) is 1. The second-order valence-electron chi connectivity index (χ2n) is 5.83. The third-order valence-electron chi connectivity index (χ3n) is 4.46. The van der Waals surface area contributed by atoms with E-state index in [1.807, 2.05) is 20.8 Å². The molecule has 0 saturated heterocycles. The Morgan fingerprint density at radius 1 is 1.00 bits per heavy atom. The van der Waals surface area contributed by atoms with Crippen LogP contribution < -0.4 is 5.32 Å². The lowest BCUT2D eigenvalue weighted by atomic mass is 9.89. The Kier molecular flexibility index (Phi) is 5.75. The van der Waals surface area contributed by atoms with Crippen LogP contribution in [0.3, 0.4) is 0 Å². The second-order valence-corrected chi connectivity index (χ2v) is 5.83. The number of benzene rings is 1. The predicted octanol–water partition coefficient (Wildman–Crippen LogP) is 2.98. The second kappa shape index (κ2) is 6.89. The number of rotatable bonds is 5. The minimum absolute atomic E-state index is 0.00371. The molecule has 0 saturated carbocycles. The molecule has 1 rings (SSSR count). The van der Waals surface area contributed by atoms with Crippen LogP contribution in [0.1, 0.15) is 51.5 Å². The molecule has 0 aliphatic rings. The molecule has 3 heteroatoms. The molecule has 0 bridgehead atoms.